The van der Waals surface area contributed by atoms with Crippen molar-refractivity contribution in [1.29, 1.82) is 0 Å². The van der Waals surface area contributed by atoms with Gasteiger partial charge in [0.15, 0.2) is 12.3 Å². The number of fused-ring (bicyclic) bond motifs is 3. The number of hydrogen-bond donors (Lipinski definition) is 0. The quantitative estimate of drug-likeness (QED) is 0.650. The Hall–Kier alpha value is -1.39. The summed E-state index contributed by atoms with van der Waals surface area (Å²) in [6.07, 6.45) is -0.309. The van der Waals surface area contributed by atoms with E-state index in [-0.39, 0.29) is 30.4 Å². The number of carbonyl (C=O) groups is 1. The molecule has 82 valence electrons. The third-order valence-corrected chi connectivity index (χ3v) is 3.52. The smallest absolute Gasteiger partial charge is 0.257 e. The predicted octanol–water partition coefficient (Wildman–Crippen LogP) is 0.694. The fraction of sp³-hybridized carbons (Fsp3) is 0.417. The molecule has 0 saturated carbocycles. The SMILES string of the molecule is O=C1[C@H]2O[C@H]2[C@H]2CO[C@H](c3ccccc3)N12. The summed E-state index contributed by atoms with van der Waals surface area (Å²) in [4.78, 5) is 13.8. The lowest BCUT2D eigenvalue weighted by atomic mass is 10.2. The lowest BCUT2D eigenvalue weighted by molar-refractivity contribution is -0.138. The van der Waals surface area contributed by atoms with Gasteiger partial charge in [0.2, 0.25) is 0 Å². The van der Waals surface area contributed by atoms with Crippen molar-refractivity contribution in [3.8, 4) is 0 Å². The molecule has 3 fully saturated rings. The molecule has 1 aromatic rings. The molecule has 1 amide bonds. The van der Waals surface area contributed by atoms with Gasteiger partial charge in [0, 0.05) is 5.56 Å². The summed E-state index contributed by atoms with van der Waals surface area (Å²) in [6.45, 7) is 0.590. The second kappa shape index (κ2) is 2.84. The molecular weight excluding hydrogens is 206 g/mol. The van der Waals surface area contributed by atoms with E-state index in [0.29, 0.717) is 6.61 Å². The zero-order valence-electron chi connectivity index (χ0n) is 8.58. The minimum atomic E-state index is -0.213. The van der Waals surface area contributed by atoms with Gasteiger partial charge in [0.1, 0.15) is 6.10 Å². The summed E-state index contributed by atoms with van der Waals surface area (Å²) in [5.41, 5.74) is 1.04. The Morgan fingerprint density at radius 1 is 1.25 bits per heavy atom. The molecule has 4 rings (SSSR count). The number of hydrogen-bond acceptors (Lipinski definition) is 3. The highest BCUT2D eigenvalue weighted by Gasteiger charge is 2.65. The summed E-state index contributed by atoms with van der Waals surface area (Å²) in [6, 6.07) is 9.99. The topological polar surface area (TPSA) is 42.1 Å². The highest BCUT2D eigenvalue weighted by Crippen LogP contribution is 2.46. The van der Waals surface area contributed by atoms with Crippen LogP contribution < -0.4 is 0 Å². The Kier molecular flexibility index (Phi) is 1.55. The maximum absolute atomic E-state index is 11.9. The first-order valence-electron chi connectivity index (χ1n) is 5.50. The van der Waals surface area contributed by atoms with E-state index < -0.39 is 0 Å². The van der Waals surface area contributed by atoms with Crippen LogP contribution in [0.25, 0.3) is 0 Å². The highest BCUT2D eigenvalue weighted by atomic mass is 16.6. The Morgan fingerprint density at radius 3 is 2.88 bits per heavy atom. The average molecular weight is 217 g/mol. The van der Waals surface area contributed by atoms with E-state index in [1.165, 1.54) is 0 Å². The molecule has 0 aromatic heterocycles. The Bertz CT molecular complexity index is 447. The molecular formula is C12H11NO3. The van der Waals surface area contributed by atoms with Crippen LogP contribution in [-0.2, 0) is 14.3 Å². The summed E-state index contributed by atoms with van der Waals surface area (Å²) in [5.74, 6) is 0.0846. The van der Waals surface area contributed by atoms with Gasteiger partial charge in [-0.25, -0.2) is 0 Å². The molecule has 3 aliphatic rings. The van der Waals surface area contributed by atoms with Crippen LogP contribution in [0.2, 0.25) is 0 Å². The molecule has 4 nitrogen and oxygen atoms in total. The molecule has 4 atom stereocenters. The fourth-order valence-corrected chi connectivity index (χ4v) is 2.69. The average Bonchev–Trinajstić information content (AvgIpc) is 2.92. The molecule has 3 saturated heterocycles. The number of carbonyl (C=O) groups excluding carboxylic acids is 1. The van der Waals surface area contributed by atoms with Gasteiger partial charge in [0.25, 0.3) is 5.91 Å². The standard InChI is InChI=1S/C12H11NO3/c14-11-10-9(16-10)8-6-15-12(13(8)11)7-4-2-1-3-5-7/h1-5,8-10,12H,6H2/t8-,9+,10+,12-/m1/s1. The van der Waals surface area contributed by atoms with Gasteiger partial charge in [-0.2, -0.15) is 0 Å². The first kappa shape index (κ1) is 8.73. The molecule has 0 unspecified atom stereocenters. The molecule has 0 bridgehead atoms. The van der Waals surface area contributed by atoms with E-state index >= 15 is 0 Å². The molecule has 0 spiro atoms. The van der Waals surface area contributed by atoms with Crippen LogP contribution in [0.5, 0.6) is 0 Å². The molecule has 4 heteroatoms. The Morgan fingerprint density at radius 2 is 2.06 bits per heavy atom. The van der Waals surface area contributed by atoms with Crippen molar-refractivity contribution >= 4 is 5.91 Å². The zero-order chi connectivity index (χ0) is 10.7. The van der Waals surface area contributed by atoms with Crippen molar-refractivity contribution in [3.05, 3.63) is 35.9 Å². The molecule has 0 aliphatic carbocycles. The minimum absolute atomic E-state index is 0.0845. The maximum Gasteiger partial charge on any atom is 0.257 e. The van der Waals surface area contributed by atoms with Crippen molar-refractivity contribution in [1.82, 2.24) is 4.90 Å². The number of ether oxygens (including phenoxy) is 2. The lowest BCUT2D eigenvalue weighted by Crippen LogP contribution is -2.36. The summed E-state index contributed by atoms with van der Waals surface area (Å²) < 4.78 is 11.0. The van der Waals surface area contributed by atoms with E-state index in [1.54, 1.807) is 0 Å². The van der Waals surface area contributed by atoms with E-state index in [9.17, 15) is 4.79 Å². The second-order valence-electron chi connectivity index (χ2n) is 4.43. The number of benzene rings is 1. The lowest BCUT2D eigenvalue weighted by Gasteiger charge is -2.23. The van der Waals surface area contributed by atoms with Crippen LogP contribution in [0.15, 0.2) is 30.3 Å². The van der Waals surface area contributed by atoms with Gasteiger partial charge in [-0.3, -0.25) is 4.79 Å². The predicted molar refractivity (Wildman–Crippen MR) is 54.4 cm³/mol. The largest absolute Gasteiger partial charge is 0.357 e. The Balaban J connectivity index is 1.70. The van der Waals surface area contributed by atoms with Crippen LogP contribution in [0.1, 0.15) is 11.8 Å². The summed E-state index contributed by atoms with van der Waals surface area (Å²) >= 11 is 0. The van der Waals surface area contributed by atoms with Crippen molar-refractivity contribution in [2.45, 2.75) is 24.5 Å². The third kappa shape index (κ3) is 0.982. The first-order chi connectivity index (χ1) is 7.86. The monoisotopic (exact) mass is 217 g/mol. The molecule has 16 heavy (non-hydrogen) atoms. The summed E-state index contributed by atoms with van der Waals surface area (Å²) in [7, 11) is 0. The molecule has 3 aliphatic heterocycles. The van der Waals surface area contributed by atoms with Crippen LogP contribution in [-0.4, -0.2) is 35.7 Å². The fourth-order valence-electron chi connectivity index (χ4n) is 2.69. The van der Waals surface area contributed by atoms with Crippen LogP contribution in [0.4, 0.5) is 0 Å². The zero-order valence-corrected chi connectivity index (χ0v) is 8.58. The molecule has 0 N–H and O–H groups in total. The van der Waals surface area contributed by atoms with Crippen molar-refractivity contribution in [3.63, 3.8) is 0 Å². The van der Waals surface area contributed by atoms with Crippen LogP contribution in [0.3, 0.4) is 0 Å². The van der Waals surface area contributed by atoms with Crippen LogP contribution >= 0.6 is 0 Å². The van der Waals surface area contributed by atoms with Gasteiger partial charge in [-0.15, -0.1) is 0 Å². The van der Waals surface area contributed by atoms with Gasteiger partial charge in [0.05, 0.1) is 12.6 Å². The molecule has 0 radical (unpaired) electrons. The van der Waals surface area contributed by atoms with Gasteiger partial charge >= 0.3 is 0 Å². The first-order valence-corrected chi connectivity index (χ1v) is 5.50. The van der Waals surface area contributed by atoms with E-state index in [4.69, 9.17) is 9.47 Å². The third-order valence-electron chi connectivity index (χ3n) is 3.52. The van der Waals surface area contributed by atoms with E-state index in [2.05, 4.69) is 0 Å². The van der Waals surface area contributed by atoms with E-state index in [1.807, 2.05) is 35.2 Å². The maximum atomic E-state index is 11.9. The Labute approximate surface area is 92.8 Å². The number of amides is 1. The number of nitrogens with zero attached hydrogens (tertiary/aromatic N) is 1. The van der Waals surface area contributed by atoms with Crippen molar-refractivity contribution in [2.24, 2.45) is 0 Å². The number of epoxide rings is 1. The number of rotatable bonds is 1. The van der Waals surface area contributed by atoms with Gasteiger partial charge < -0.3 is 14.4 Å². The van der Waals surface area contributed by atoms with Crippen molar-refractivity contribution < 1.29 is 14.3 Å². The summed E-state index contributed by atoms with van der Waals surface area (Å²) in [5, 5.41) is 0. The normalized spacial score (nSPS) is 39.8. The molecule has 1 aromatic carbocycles. The highest BCUT2D eigenvalue weighted by molar-refractivity contribution is 5.88. The van der Waals surface area contributed by atoms with Gasteiger partial charge in [-0.05, 0) is 0 Å². The van der Waals surface area contributed by atoms with Crippen molar-refractivity contribution in [2.75, 3.05) is 6.61 Å². The van der Waals surface area contributed by atoms with Crippen LogP contribution in [0, 0.1) is 0 Å². The number of morpholine rings is 1. The second-order valence-corrected chi connectivity index (χ2v) is 4.43. The van der Waals surface area contributed by atoms with Gasteiger partial charge in [-0.1, -0.05) is 30.3 Å². The minimum Gasteiger partial charge on any atom is -0.357 e. The van der Waals surface area contributed by atoms with E-state index in [0.717, 1.165) is 5.56 Å². The molecule has 3 heterocycles.